The van der Waals surface area contributed by atoms with Gasteiger partial charge in [0.05, 0.1) is 16.8 Å². The van der Waals surface area contributed by atoms with Crippen LogP contribution >= 0.6 is 0 Å². The number of hydrazone groups is 1. The monoisotopic (exact) mass is 411 g/mol. The largest absolute Gasteiger partial charge is 0.271 e. The maximum atomic E-state index is 13.6. The van der Waals surface area contributed by atoms with E-state index in [0.717, 1.165) is 10.5 Å². The normalized spacial score (nSPS) is 11.3. The average Bonchev–Trinajstić information content (AvgIpc) is 2.74. The quantitative estimate of drug-likeness (QED) is 0.479. The standard InChI is InChI=1S/C21H18FN3O3S/c22-20-14-8-7-9-17(20)15-23-24-21(26)16-25(18-10-3-1-4-11-18)29(27,28)19-12-5-2-6-13-19/h1-15H,16H2,(H,24,26). The predicted octanol–water partition coefficient (Wildman–Crippen LogP) is 3.17. The van der Waals surface area contributed by atoms with E-state index in [1.54, 1.807) is 54.6 Å². The molecule has 0 aliphatic heterocycles. The molecule has 3 aromatic carbocycles. The van der Waals surface area contributed by atoms with Gasteiger partial charge in [-0.15, -0.1) is 0 Å². The van der Waals surface area contributed by atoms with Crippen molar-refractivity contribution in [1.82, 2.24) is 5.43 Å². The summed E-state index contributed by atoms with van der Waals surface area (Å²) in [5.74, 6) is -1.15. The molecule has 3 rings (SSSR count). The van der Waals surface area contributed by atoms with Crippen molar-refractivity contribution in [3.05, 3.63) is 96.3 Å². The number of carbonyl (C=O) groups is 1. The number of carbonyl (C=O) groups excluding carboxylic acids is 1. The number of halogens is 1. The molecule has 0 atom stereocenters. The Hall–Kier alpha value is -3.52. The van der Waals surface area contributed by atoms with Crippen LogP contribution in [0.1, 0.15) is 5.56 Å². The highest BCUT2D eigenvalue weighted by molar-refractivity contribution is 7.92. The van der Waals surface area contributed by atoms with Gasteiger partial charge in [0.15, 0.2) is 0 Å². The summed E-state index contributed by atoms with van der Waals surface area (Å²) in [7, 11) is -3.97. The van der Waals surface area contributed by atoms with Crippen LogP contribution in [0.25, 0.3) is 0 Å². The van der Waals surface area contributed by atoms with Crippen LogP contribution in [-0.4, -0.2) is 27.1 Å². The Balaban J connectivity index is 1.81. The van der Waals surface area contributed by atoms with Gasteiger partial charge >= 0.3 is 0 Å². The summed E-state index contributed by atoms with van der Waals surface area (Å²) in [6, 6.07) is 22.1. The number of rotatable bonds is 7. The van der Waals surface area contributed by atoms with Gasteiger partial charge in [0.2, 0.25) is 0 Å². The first-order chi connectivity index (χ1) is 14.0. The topological polar surface area (TPSA) is 78.8 Å². The fraction of sp³-hybridized carbons (Fsp3) is 0.0476. The Kier molecular flexibility index (Phi) is 6.36. The number of anilines is 1. The van der Waals surface area contributed by atoms with Crippen LogP contribution in [0, 0.1) is 5.82 Å². The summed E-state index contributed by atoms with van der Waals surface area (Å²) in [4.78, 5) is 12.4. The van der Waals surface area contributed by atoms with E-state index >= 15 is 0 Å². The Morgan fingerprint density at radius 3 is 2.17 bits per heavy atom. The number of amides is 1. The zero-order valence-corrected chi connectivity index (χ0v) is 16.1. The van der Waals surface area contributed by atoms with Gasteiger partial charge in [-0.1, -0.05) is 54.6 Å². The molecule has 0 unspecified atom stereocenters. The molecular formula is C21H18FN3O3S. The zero-order chi connectivity index (χ0) is 20.7. The molecule has 0 aliphatic rings. The second kappa shape index (κ2) is 9.11. The Morgan fingerprint density at radius 2 is 1.52 bits per heavy atom. The number of nitrogens with zero attached hydrogens (tertiary/aromatic N) is 2. The van der Waals surface area contributed by atoms with Gasteiger partial charge in [-0.25, -0.2) is 18.2 Å². The first-order valence-corrected chi connectivity index (χ1v) is 10.1. The molecule has 1 amide bonds. The molecule has 0 radical (unpaired) electrons. The maximum Gasteiger partial charge on any atom is 0.264 e. The highest BCUT2D eigenvalue weighted by Crippen LogP contribution is 2.23. The van der Waals surface area contributed by atoms with Crippen LogP contribution < -0.4 is 9.73 Å². The molecule has 29 heavy (non-hydrogen) atoms. The van der Waals surface area contributed by atoms with Crippen molar-refractivity contribution >= 4 is 27.8 Å². The van der Waals surface area contributed by atoms with Crippen LogP contribution in [-0.2, 0) is 14.8 Å². The number of hydrogen-bond donors (Lipinski definition) is 1. The Labute approximate surface area is 168 Å². The molecule has 6 nitrogen and oxygen atoms in total. The zero-order valence-electron chi connectivity index (χ0n) is 15.3. The molecule has 0 saturated heterocycles. The SMILES string of the molecule is O=C(CN(c1ccccc1)S(=O)(=O)c1ccccc1)NN=Cc1ccccc1F. The van der Waals surface area contributed by atoms with Gasteiger partial charge in [0, 0.05) is 5.56 Å². The average molecular weight is 411 g/mol. The van der Waals surface area contributed by atoms with Gasteiger partial charge in [-0.3, -0.25) is 9.10 Å². The van der Waals surface area contributed by atoms with Crippen molar-refractivity contribution in [2.24, 2.45) is 5.10 Å². The lowest BCUT2D eigenvalue weighted by Crippen LogP contribution is -2.39. The van der Waals surface area contributed by atoms with Crippen LogP contribution in [0.5, 0.6) is 0 Å². The third-order valence-electron chi connectivity index (χ3n) is 3.96. The van der Waals surface area contributed by atoms with E-state index in [1.807, 2.05) is 0 Å². The second-order valence-electron chi connectivity index (χ2n) is 5.97. The lowest BCUT2D eigenvalue weighted by Gasteiger charge is -2.23. The maximum absolute atomic E-state index is 13.6. The van der Waals surface area contributed by atoms with Gasteiger partial charge < -0.3 is 0 Å². The molecule has 0 aliphatic carbocycles. The summed E-state index contributed by atoms with van der Waals surface area (Å²) in [5, 5.41) is 3.72. The van der Waals surface area contributed by atoms with Crippen molar-refractivity contribution in [2.75, 3.05) is 10.8 Å². The second-order valence-corrected chi connectivity index (χ2v) is 7.84. The van der Waals surface area contributed by atoms with E-state index in [2.05, 4.69) is 10.5 Å². The minimum absolute atomic E-state index is 0.0616. The van der Waals surface area contributed by atoms with Crippen LogP contribution in [0.4, 0.5) is 10.1 Å². The number of sulfonamides is 1. The number of para-hydroxylation sites is 1. The van der Waals surface area contributed by atoms with E-state index in [4.69, 9.17) is 0 Å². The molecule has 0 heterocycles. The highest BCUT2D eigenvalue weighted by atomic mass is 32.2. The number of benzene rings is 3. The first kappa shape index (κ1) is 20.2. The van der Waals surface area contributed by atoms with Crippen molar-refractivity contribution in [3.8, 4) is 0 Å². The van der Waals surface area contributed by atoms with Crippen LogP contribution in [0.15, 0.2) is 94.9 Å². The van der Waals surface area contributed by atoms with Gasteiger partial charge in [0.1, 0.15) is 12.4 Å². The minimum Gasteiger partial charge on any atom is -0.271 e. The predicted molar refractivity (Wildman–Crippen MR) is 110 cm³/mol. The minimum atomic E-state index is -3.97. The molecular weight excluding hydrogens is 393 g/mol. The van der Waals surface area contributed by atoms with Crippen LogP contribution in [0.3, 0.4) is 0 Å². The summed E-state index contributed by atoms with van der Waals surface area (Å²) in [5.41, 5.74) is 2.78. The Bertz CT molecular complexity index is 1100. The van der Waals surface area contributed by atoms with Crippen molar-refractivity contribution in [2.45, 2.75) is 4.90 Å². The van der Waals surface area contributed by atoms with Crippen molar-refractivity contribution in [3.63, 3.8) is 0 Å². The first-order valence-electron chi connectivity index (χ1n) is 8.68. The summed E-state index contributed by atoms with van der Waals surface area (Å²) in [6.45, 7) is -0.490. The fourth-order valence-corrected chi connectivity index (χ4v) is 3.99. The Morgan fingerprint density at radius 1 is 0.931 bits per heavy atom. The summed E-state index contributed by atoms with van der Waals surface area (Å²) in [6.07, 6.45) is 1.16. The molecule has 0 saturated carbocycles. The molecule has 0 spiro atoms. The van der Waals surface area contributed by atoms with E-state index in [0.29, 0.717) is 5.69 Å². The molecule has 0 fully saturated rings. The van der Waals surface area contributed by atoms with Gasteiger partial charge in [0.25, 0.3) is 15.9 Å². The smallest absolute Gasteiger partial charge is 0.264 e. The van der Waals surface area contributed by atoms with E-state index in [-0.39, 0.29) is 10.5 Å². The lowest BCUT2D eigenvalue weighted by atomic mass is 10.2. The fourth-order valence-electron chi connectivity index (χ4n) is 2.55. The van der Waals surface area contributed by atoms with E-state index in [1.165, 1.54) is 30.3 Å². The lowest BCUT2D eigenvalue weighted by molar-refractivity contribution is -0.119. The van der Waals surface area contributed by atoms with E-state index in [9.17, 15) is 17.6 Å². The highest BCUT2D eigenvalue weighted by Gasteiger charge is 2.26. The summed E-state index contributed by atoms with van der Waals surface area (Å²) < 4.78 is 40.7. The number of hydrogen-bond acceptors (Lipinski definition) is 4. The molecule has 3 aromatic rings. The third-order valence-corrected chi connectivity index (χ3v) is 5.75. The molecule has 8 heteroatoms. The molecule has 0 aromatic heterocycles. The molecule has 148 valence electrons. The molecule has 0 bridgehead atoms. The van der Waals surface area contributed by atoms with E-state index < -0.39 is 28.3 Å². The summed E-state index contributed by atoms with van der Waals surface area (Å²) >= 11 is 0. The van der Waals surface area contributed by atoms with Crippen LogP contribution in [0.2, 0.25) is 0 Å². The molecule has 1 N–H and O–H groups in total. The third kappa shape index (κ3) is 5.05. The van der Waals surface area contributed by atoms with Crippen molar-refractivity contribution in [1.29, 1.82) is 0 Å². The van der Waals surface area contributed by atoms with Gasteiger partial charge in [-0.2, -0.15) is 5.10 Å². The van der Waals surface area contributed by atoms with Crippen molar-refractivity contribution < 1.29 is 17.6 Å². The number of nitrogens with one attached hydrogen (secondary N) is 1. The van der Waals surface area contributed by atoms with Gasteiger partial charge in [-0.05, 0) is 30.3 Å².